The third kappa shape index (κ3) is 9.32. The number of nitrogens with zero attached hydrogens (tertiary/aromatic N) is 4. The molecule has 2 aliphatic carbocycles. The van der Waals surface area contributed by atoms with E-state index in [0.717, 1.165) is 70.1 Å². The Balaban J connectivity index is 0.960. The van der Waals surface area contributed by atoms with Crippen LogP contribution in [0.5, 0.6) is 0 Å². The van der Waals surface area contributed by atoms with Crippen LogP contribution in [0.25, 0.3) is 0 Å². The van der Waals surface area contributed by atoms with Crippen LogP contribution in [-0.2, 0) is 6.54 Å². The van der Waals surface area contributed by atoms with Gasteiger partial charge in [-0.3, -0.25) is 4.90 Å². The molecule has 2 aromatic rings. The fraction of sp³-hybridized carbons (Fsp3) is 0.688. The van der Waals surface area contributed by atoms with Crippen molar-refractivity contribution in [2.75, 3.05) is 68.3 Å². The second kappa shape index (κ2) is 15.5. The van der Waals surface area contributed by atoms with E-state index in [1.807, 2.05) is 6.07 Å². The second-order valence-electron chi connectivity index (χ2n) is 12.3. The van der Waals surface area contributed by atoms with E-state index in [1.54, 1.807) is 0 Å². The minimum Gasteiger partial charge on any atom is -0.383 e. The fourth-order valence-corrected chi connectivity index (χ4v) is 6.68. The van der Waals surface area contributed by atoms with Crippen molar-refractivity contribution in [1.82, 2.24) is 25.5 Å². The first kappa shape index (κ1) is 29.1. The number of piperazine rings is 1. The van der Waals surface area contributed by atoms with Crippen LogP contribution < -0.4 is 26.6 Å². The zero-order chi connectivity index (χ0) is 27.4. The minimum absolute atomic E-state index is 0.544. The zero-order valence-corrected chi connectivity index (χ0v) is 24.5. The molecule has 0 amide bonds. The molecule has 1 aromatic carbocycles. The predicted molar refractivity (Wildman–Crippen MR) is 167 cm³/mol. The Kier molecular flexibility index (Phi) is 11.3. The molecule has 1 saturated heterocycles. The van der Waals surface area contributed by atoms with E-state index in [0.29, 0.717) is 17.7 Å². The molecule has 220 valence electrons. The molecule has 3 fully saturated rings. The average molecular weight is 549 g/mol. The van der Waals surface area contributed by atoms with E-state index >= 15 is 0 Å². The van der Waals surface area contributed by atoms with Gasteiger partial charge >= 0.3 is 0 Å². The third-order valence-corrected chi connectivity index (χ3v) is 9.19. The Hall–Kier alpha value is -2.42. The van der Waals surface area contributed by atoms with Crippen molar-refractivity contribution < 1.29 is 0 Å². The van der Waals surface area contributed by atoms with Crippen molar-refractivity contribution in [3.8, 4) is 0 Å². The number of hydrogen-bond donors (Lipinski definition) is 4. The summed E-state index contributed by atoms with van der Waals surface area (Å²) >= 11 is 0. The van der Waals surface area contributed by atoms with Gasteiger partial charge in [0.15, 0.2) is 0 Å². The van der Waals surface area contributed by atoms with Crippen LogP contribution >= 0.6 is 0 Å². The van der Waals surface area contributed by atoms with Gasteiger partial charge in [-0.05, 0) is 82.0 Å². The number of hydrogen-bond acceptors (Lipinski definition) is 8. The highest BCUT2D eigenvalue weighted by Gasteiger charge is 2.22. The Morgan fingerprint density at radius 1 is 0.800 bits per heavy atom. The lowest BCUT2D eigenvalue weighted by molar-refractivity contribution is 0.249. The van der Waals surface area contributed by atoms with Gasteiger partial charge in [0.2, 0.25) is 5.95 Å². The van der Waals surface area contributed by atoms with Gasteiger partial charge < -0.3 is 26.6 Å². The van der Waals surface area contributed by atoms with Crippen LogP contribution in [0.4, 0.5) is 17.6 Å². The summed E-state index contributed by atoms with van der Waals surface area (Å²) in [7, 11) is 0. The molecule has 0 radical (unpaired) electrons. The summed E-state index contributed by atoms with van der Waals surface area (Å²) in [6, 6.07) is 13.4. The predicted octanol–water partition coefficient (Wildman–Crippen LogP) is 4.50. The molecule has 1 aliphatic heterocycles. The van der Waals surface area contributed by atoms with E-state index in [4.69, 9.17) is 10.7 Å². The molecule has 1 aromatic heterocycles. The molecule has 0 atom stereocenters. The van der Waals surface area contributed by atoms with Gasteiger partial charge in [-0.15, -0.1) is 0 Å². The number of nitrogen functional groups attached to an aromatic ring is 1. The maximum absolute atomic E-state index is 6.20. The van der Waals surface area contributed by atoms with Gasteiger partial charge in [0.1, 0.15) is 11.6 Å². The lowest BCUT2D eigenvalue weighted by atomic mass is 9.82. The van der Waals surface area contributed by atoms with E-state index in [-0.39, 0.29) is 0 Å². The SMILES string of the molecule is Nc1cc(N2CCN(Cc3ccccc3)CC2)nc(NCC2CCC(CNCCCNC3CCCCC3)CC2)n1. The van der Waals surface area contributed by atoms with Gasteiger partial charge in [-0.2, -0.15) is 9.97 Å². The average Bonchev–Trinajstić information content (AvgIpc) is 3.00. The highest BCUT2D eigenvalue weighted by molar-refractivity contribution is 5.52. The molecule has 40 heavy (non-hydrogen) atoms. The number of nitrogens with two attached hydrogens (primary N) is 1. The summed E-state index contributed by atoms with van der Waals surface area (Å²) in [4.78, 5) is 14.2. The van der Waals surface area contributed by atoms with Crippen molar-refractivity contribution in [3.05, 3.63) is 42.0 Å². The summed E-state index contributed by atoms with van der Waals surface area (Å²) < 4.78 is 0. The van der Waals surface area contributed by atoms with E-state index in [2.05, 4.69) is 61.1 Å². The Bertz CT molecular complexity index is 980. The molecule has 5 N–H and O–H groups in total. The maximum atomic E-state index is 6.20. The Morgan fingerprint density at radius 3 is 2.27 bits per heavy atom. The quantitative estimate of drug-likeness (QED) is 0.272. The summed E-state index contributed by atoms with van der Waals surface area (Å²) in [5, 5.41) is 11.0. The molecule has 8 nitrogen and oxygen atoms in total. The highest BCUT2D eigenvalue weighted by atomic mass is 15.3. The van der Waals surface area contributed by atoms with Crippen LogP contribution in [0.3, 0.4) is 0 Å². The number of benzene rings is 1. The molecule has 8 heteroatoms. The lowest BCUT2D eigenvalue weighted by Crippen LogP contribution is -2.46. The van der Waals surface area contributed by atoms with E-state index < -0.39 is 0 Å². The molecule has 0 spiro atoms. The Labute approximate surface area is 241 Å². The third-order valence-electron chi connectivity index (χ3n) is 9.19. The van der Waals surface area contributed by atoms with Crippen molar-refractivity contribution >= 4 is 17.6 Å². The monoisotopic (exact) mass is 548 g/mol. The second-order valence-corrected chi connectivity index (χ2v) is 12.3. The molecular weight excluding hydrogens is 496 g/mol. The smallest absolute Gasteiger partial charge is 0.226 e. The number of nitrogens with one attached hydrogen (secondary N) is 3. The molecule has 5 rings (SSSR count). The highest BCUT2D eigenvalue weighted by Crippen LogP contribution is 2.29. The first-order valence-electron chi connectivity index (χ1n) is 16.0. The molecular formula is C32H52N8. The number of anilines is 3. The topological polar surface area (TPSA) is 94.4 Å². The number of rotatable bonds is 13. The van der Waals surface area contributed by atoms with Gasteiger partial charge in [-0.1, -0.05) is 49.6 Å². The van der Waals surface area contributed by atoms with Crippen molar-refractivity contribution in [2.24, 2.45) is 11.8 Å². The first-order valence-corrected chi connectivity index (χ1v) is 16.0. The largest absolute Gasteiger partial charge is 0.383 e. The maximum Gasteiger partial charge on any atom is 0.226 e. The van der Waals surface area contributed by atoms with Gasteiger partial charge in [0, 0.05) is 51.4 Å². The Morgan fingerprint density at radius 2 is 1.52 bits per heavy atom. The first-order chi connectivity index (χ1) is 19.7. The van der Waals surface area contributed by atoms with E-state index in [9.17, 15) is 0 Å². The van der Waals surface area contributed by atoms with Crippen LogP contribution in [0.15, 0.2) is 36.4 Å². The van der Waals surface area contributed by atoms with Gasteiger partial charge in [-0.25, -0.2) is 0 Å². The standard InChI is InChI=1S/C32H52N8/c33-30-22-31(40-20-18-39(19-21-40)25-28-8-3-1-4-9-28)38-32(37-30)36-24-27-14-12-26(13-15-27)23-34-16-7-17-35-29-10-5-2-6-11-29/h1,3-4,8-9,22,26-27,29,34-35H,2,5-7,10-21,23-25H2,(H3,33,36,37,38). The van der Waals surface area contributed by atoms with Gasteiger partial charge in [0.25, 0.3) is 0 Å². The normalized spacial score (nSPS) is 22.9. The lowest BCUT2D eigenvalue weighted by Gasteiger charge is -2.35. The molecule has 2 heterocycles. The zero-order valence-electron chi connectivity index (χ0n) is 24.5. The summed E-state index contributed by atoms with van der Waals surface area (Å²) in [6.45, 7) is 9.37. The molecule has 2 saturated carbocycles. The van der Waals surface area contributed by atoms with Crippen LogP contribution in [0.1, 0.15) is 69.8 Å². The summed E-state index contributed by atoms with van der Waals surface area (Å²) in [5.74, 6) is 3.66. The fourth-order valence-electron chi connectivity index (χ4n) is 6.68. The molecule has 3 aliphatic rings. The van der Waals surface area contributed by atoms with Crippen LogP contribution in [0, 0.1) is 11.8 Å². The summed E-state index contributed by atoms with van der Waals surface area (Å²) in [5.41, 5.74) is 7.57. The van der Waals surface area contributed by atoms with Crippen molar-refractivity contribution in [1.29, 1.82) is 0 Å². The van der Waals surface area contributed by atoms with Crippen LogP contribution in [-0.4, -0.2) is 73.3 Å². The van der Waals surface area contributed by atoms with Crippen LogP contribution in [0.2, 0.25) is 0 Å². The molecule has 0 bridgehead atoms. The van der Waals surface area contributed by atoms with Gasteiger partial charge in [0.05, 0.1) is 0 Å². The van der Waals surface area contributed by atoms with E-state index in [1.165, 1.54) is 76.3 Å². The van der Waals surface area contributed by atoms with Crippen molar-refractivity contribution in [2.45, 2.75) is 76.8 Å². The number of aromatic nitrogens is 2. The molecule has 0 unspecified atom stereocenters. The minimum atomic E-state index is 0.544. The van der Waals surface area contributed by atoms with Crippen molar-refractivity contribution in [3.63, 3.8) is 0 Å². The summed E-state index contributed by atoms with van der Waals surface area (Å²) in [6.07, 6.45) is 13.4.